The van der Waals surface area contributed by atoms with E-state index < -0.39 is 0 Å². The fourth-order valence-corrected chi connectivity index (χ4v) is 4.55. The first-order chi connectivity index (χ1) is 16.1. The molecule has 0 spiro atoms. The monoisotopic (exact) mass is 447 g/mol. The van der Waals surface area contributed by atoms with Crippen molar-refractivity contribution in [1.29, 1.82) is 0 Å². The number of hydrogen-bond donors (Lipinski definition) is 1. The van der Waals surface area contributed by atoms with E-state index in [-0.39, 0.29) is 30.3 Å². The van der Waals surface area contributed by atoms with Gasteiger partial charge < -0.3 is 10.1 Å². The van der Waals surface area contributed by atoms with Gasteiger partial charge in [-0.1, -0.05) is 42.5 Å². The van der Waals surface area contributed by atoms with Gasteiger partial charge in [-0.15, -0.1) is 0 Å². The summed E-state index contributed by atoms with van der Waals surface area (Å²) in [5.74, 6) is -0.0768. The van der Waals surface area contributed by atoms with Gasteiger partial charge in [-0.05, 0) is 66.3 Å². The van der Waals surface area contributed by atoms with Crippen LogP contribution in [0.25, 0.3) is 11.1 Å². The quantitative estimate of drug-likeness (QED) is 0.548. The molecule has 2 atom stereocenters. The lowest BCUT2D eigenvalue weighted by molar-refractivity contribution is -0.126. The Morgan fingerprint density at radius 2 is 1.85 bits per heavy atom. The topological polar surface area (TPSA) is 54.5 Å². The van der Waals surface area contributed by atoms with Crippen molar-refractivity contribution in [3.8, 4) is 11.1 Å². The Bertz CT molecular complexity index is 1030. The summed E-state index contributed by atoms with van der Waals surface area (Å²) >= 11 is 0. The number of pyridine rings is 1. The largest absolute Gasteiger partial charge is 0.375 e. The van der Waals surface area contributed by atoms with Gasteiger partial charge in [-0.3, -0.25) is 14.7 Å². The molecular formula is C27H30FN3O2. The Hall–Kier alpha value is -3.09. The van der Waals surface area contributed by atoms with E-state index in [2.05, 4.69) is 39.5 Å². The lowest BCUT2D eigenvalue weighted by atomic mass is 9.88. The summed E-state index contributed by atoms with van der Waals surface area (Å²) in [5.41, 5.74) is 4.20. The summed E-state index contributed by atoms with van der Waals surface area (Å²) < 4.78 is 18.2. The molecular weight excluding hydrogens is 417 g/mol. The average molecular weight is 448 g/mol. The maximum Gasteiger partial charge on any atom is 0.246 e. The fourth-order valence-electron chi connectivity index (χ4n) is 4.55. The zero-order chi connectivity index (χ0) is 23.0. The van der Waals surface area contributed by atoms with Gasteiger partial charge in [0.25, 0.3) is 0 Å². The molecule has 172 valence electrons. The second-order valence-electron chi connectivity index (χ2n) is 8.57. The first-order valence-electron chi connectivity index (χ1n) is 11.4. The number of rotatable bonds is 8. The van der Waals surface area contributed by atoms with Crippen LogP contribution in [0.4, 0.5) is 4.39 Å². The summed E-state index contributed by atoms with van der Waals surface area (Å²) in [5, 5.41) is 3.14. The minimum atomic E-state index is -0.225. The molecule has 5 nitrogen and oxygen atoms in total. The molecule has 2 heterocycles. The van der Waals surface area contributed by atoms with E-state index in [4.69, 9.17) is 4.74 Å². The maximum absolute atomic E-state index is 13.2. The lowest BCUT2D eigenvalue weighted by Gasteiger charge is -2.37. The molecule has 1 aliphatic rings. The van der Waals surface area contributed by atoms with Crippen molar-refractivity contribution >= 4 is 5.91 Å². The SMILES string of the molecule is COCC(=O)NC(c1ccccn1)C1CCCN(Cc2ccc(-c3ccc(F)cc3)cc2)C1. The van der Waals surface area contributed by atoms with Crippen LogP contribution in [-0.4, -0.2) is 42.6 Å². The number of nitrogens with one attached hydrogen (secondary N) is 1. The van der Waals surface area contributed by atoms with E-state index in [0.29, 0.717) is 0 Å². The van der Waals surface area contributed by atoms with Crippen LogP contribution in [0.5, 0.6) is 0 Å². The van der Waals surface area contributed by atoms with Gasteiger partial charge in [-0.2, -0.15) is 0 Å². The number of amides is 1. The molecule has 0 aliphatic carbocycles. The van der Waals surface area contributed by atoms with Gasteiger partial charge in [0.05, 0.1) is 11.7 Å². The smallest absolute Gasteiger partial charge is 0.246 e. The number of benzene rings is 2. The van der Waals surface area contributed by atoms with Gasteiger partial charge in [0.2, 0.25) is 5.91 Å². The van der Waals surface area contributed by atoms with E-state index in [1.54, 1.807) is 18.3 Å². The van der Waals surface area contributed by atoms with Gasteiger partial charge in [0.1, 0.15) is 12.4 Å². The summed E-state index contributed by atoms with van der Waals surface area (Å²) in [6.07, 6.45) is 3.88. The zero-order valence-corrected chi connectivity index (χ0v) is 18.9. The molecule has 0 saturated carbocycles. The summed E-state index contributed by atoms with van der Waals surface area (Å²) in [7, 11) is 1.53. The van der Waals surface area contributed by atoms with E-state index in [9.17, 15) is 9.18 Å². The van der Waals surface area contributed by atoms with E-state index in [1.807, 2.05) is 18.2 Å². The molecule has 1 amide bonds. The van der Waals surface area contributed by atoms with Gasteiger partial charge in [0, 0.05) is 26.4 Å². The van der Waals surface area contributed by atoms with Crippen LogP contribution < -0.4 is 5.32 Å². The standard InChI is InChI=1S/C27H30FN3O2/c1-33-19-26(32)30-27(25-6-2-3-15-29-25)23-5-4-16-31(18-23)17-20-7-9-21(10-8-20)22-11-13-24(28)14-12-22/h2-3,6-15,23,27H,4-5,16-19H2,1H3,(H,30,32). The van der Waals surface area contributed by atoms with Crippen molar-refractivity contribution in [1.82, 2.24) is 15.2 Å². The second kappa shape index (κ2) is 11.2. The van der Waals surface area contributed by atoms with Crippen LogP contribution in [0.3, 0.4) is 0 Å². The predicted molar refractivity (Wildman–Crippen MR) is 127 cm³/mol. The van der Waals surface area contributed by atoms with Crippen molar-refractivity contribution in [3.05, 3.63) is 90.0 Å². The predicted octanol–water partition coefficient (Wildman–Crippen LogP) is 4.60. The van der Waals surface area contributed by atoms with Crippen LogP contribution in [0.1, 0.15) is 30.1 Å². The molecule has 0 radical (unpaired) electrons. The highest BCUT2D eigenvalue weighted by Gasteiger charge is 2.30. The number of nitrogens with zero attached hydrogens (tertiary/aromatic N) is 2. The maximum atomic E-state index is 13.2. The van der Waals surface area contributed by atoms with Crippen LogP contribution in [-0.2, 0) is 16.1 Å². The third-order valence-corrected chi connectivity index (χ3v) is 6.15. The second-order valence-corrected chi connectivity index (χ2v) is 8.57. The van der Waals surface area contributed by atoms with Crippen molar-refractivity contribution in [2.24, 2.45) is 5.92 Å². The van der Waals surface area contributed by atoms with Crippen LogP contribution >= 0.6 is 0 Å². The molecule has 3 aromatic rings. The minimum absolute atomic E-state index is 0.0418. The van der Waals surface area contributed by atoms with Crippen molar-refractivity contribution < 1.29 is 13.9 Å². The minimum Gasteiger partial charge on any atom is -0.375 e. The zero-order valence-electron chi connectivity index (χ0n) is 18.9. The van der Waals surface area contributed by atoms with E-state index in [0.717, 1.165) is 49.3 Å². The number of ether oxygens (including phenoxy) is 1. The third-order valence-electron chi connectivity index (χ3n) is 6.15. The Balaban J connectivity index is 1.43. The van der Waals surface area contributed by atoms with E-state index >= 15 is 0 Å². The molecule has 4 rings (SSSR count). The number of aromatic nitrogens is 1. The van der Waals surface area contributed by atoms with Crippen LogP contribution in [0.15, 0.2) is 72.9 Å². The number of likely N-dealkylation sites (tertiary alicyclic amines) is 1. The average Bonchev–Trinajstić information content (AvgIpc) is 2.84. The van der Waals surface area contributed by atoms with Crippen molar-refractivity contribution in [3.63, 3.8) is 0 Å². The Labute approximate surface area is 194 Å². The summed E-state index contributed by atoms with van der Waals surface area (Å²) in [6, 6.07) is 20.7. The fraction of sp³-hybridized carbons (Fsp3) is 0.333. The Morgan fingerprint density at radius 3 is 2.52 bits per heavy atom. The highest BCUT2D eigenvalue weighted by molar-refractivity contribution is 5.77. The first-order valence-corrected chi connectivity index (χ1v) is 11.4. The molecule has 33 heavy (non-hydrogen) atoms. The number of methoxy groups -OCH3 is 1. The molecule has 6 heteroatoms. The summed E-state index contributed by atoms with van der Waals surface area (Å²) in [6.45, 7) is 2.80. The van der Waals surface area contributed by atoms with Gasteiger partial charge in [-0.25, -0.2) is 4.39 Å². The molecule has 1 aliphatic heterocycles. The molecule has 1 N–H and O–H groups in total. The Kier molecular flexibility index (Phi) is 7.81. The highest BCUT2D eigenvalue weighted by Crippen LogP contribution is 2.30. The number of hydrogen-bond acceptors (Lipinski definition) is 4. The molecule has 1 fully saturated rings. The number of carbonyl (C=O) groups is 1. The van der Waals surface area contributed by atoms with Crippen LogP contribution in [0.2, 0.25) is 0 Å². The summed E-state index contributed by atoms with van der Waals surface area (Å²) in [4.78, 5) is 19.3. The number of halogens is 1. The van der Waals surface area contributed by atoms with Gasteiger partial charge >= 0.3 is 0 Å². The first kappa shape index (κ1) is 23.1. The third kappa shape index (κ3) is 6.24. The lowest BCUT2D eigenvalue weighted by Crippen LogP contribution is -2.43. The van der Waals surface area contributed by atoms with Crippen LogP contribution in [0, 0.1) is 11.7 Å². The highest BCUT2D eigenvalue weighted by atomic mass is 19.1. The molecule has 1 aromatic heterocycles. The Morgan fingerprint density at radius 1 is 1.12 bits per heavy atom. The number of piperidine rings is 1. The molecule has 1 saturated heterocycles. The van der Waals surface area contributed by atoms with Gasteiger partial charge in [0.15, 0.2) is 0 Å². The normalized spacial score (nSPS) is 17.5. The van der Waals surface area contributed by atoms with Crippen molar-refractivity contribution in [2.45, 2.75) is 25.4 Å². The number of carbonyl (C=O) groups excluding carboxylic acids is 1. The molecule has 0 bridgehead atoms. The molecule has 2 unspecified atom stereocenters. The van der Waals surface area contributed by atoms with Crippen molar-refractivity contribution in [2.75, 3.05) is 26.8 Å². The molecule has 2 aromatic carbocycles. The van der Waals surface area contributed by atoms with E-state index in [1.165, 1.54) is 24.8 Å².